The average Bonchev–Trinajstić information content (AvgIpc) is 2.64. The van der Waals surface area contributed by atoms with Crippen LogP contribution >= 0.6 is 11.6 Å². The van der Waals surface area contributed by atoms with Gasteiger partial charge in [0.1, 0.15) is 18.0 Å². The first kappa shape index (κ1) is 19.1. The molecule has 3 rings (SSSR count). The Hall–Kier alpha value is -1.63. The summed E-state index contributed by atoms with van der Waals surface area (Å²) in [6.07, 6.45) is -2.25. The molecule has 2 aromatic rings. The molecule has 0 amide bonds. The van der Waals surface area contributed by atoms with Crippen LogP contribution in [0.25, 0.3) is 0 Å². The fraction of sp³-hybridized carbons (Fsp3) is 0.400. The number of aliphatic hydroxyl groups is 3. The highest BCUT2D eigenvalue weighted by molar-refractivity contribution is 6.31. The van der Waals surface area contributed by atoms with E-state index in [-0.39, 0.29) is 13.0 Å². The second-order valence-corrected chi connectivity index (χ2v) is 6.93. The number of rotatable bonds is 5. The normalized spacial score (nSPS) is 25.9. The Kier molecular flexibility index (Phi) is 6.16. The highest BCUT2D eigenvalue weighted by Gasteiger charge is 2.36. The predicted molar refractivity (Wildman–Crippen MR) is 98.6 cm³/mol. The van der Waals surface area contributed by atoms with E-state index in [4.69, 9.17) is 21.1 Å². The van der Waals surface area contributed by atoms with E-state index in [0.717, 1.165) is 22.4 Å². The first-order valence-corrected chi connectivity index (χ1v) is 8.93. The molecular formula is C20H23ClO5. The van der Waals surface area contributed by atoms with Crippen molar-refractivity contribution in [3.8, 4) is 5.75 Å². The highest BCUT2D eigenvalue weighted by Crippen LogP contribution is 2.34. The summed E-state index contributed by atoms with van der Waals surface area (Å²) in [4.78, 5) is 0. The second-order valence-electron chi connectivity index (χ2n) is 6.52. The van der Waals surface area contributed by atoms with Crippen molar-refractivity contribution in [2.45, 2.75) is 37.3 Å². The topological polar surface area (TPSA) is 79.2 Å². The van der Waals surface area contributed by atoms with Crippen molar-refractivity contribution in [3.05, 3.63) is 64.2 Å². The zero-order valence-electron chi connectivity index (χ0n) is 14.5. The molecular weight excluding hydrogens is 356 g/mol. The van der Waals surface area contributed by atoms with Gasteiger partial charge in [-0.25, -0.2) is 0 Å². The van der Waals surface area contributed by atoms with E-state index in [1.807, 2.05) is 30.3 Å². The van der Waals surface area contributed by atoms with Crippen molar-refractivity contribution in [1.82, 2.24) is 0 Å². The number of benzene rings is 2. The molecule has 0 saturated carbocycles. The first-order chi connectivity index (χ1) is 12.5. The number of hydrogen-bond donors (Lipinski definition) is 3. The molecule has 1 saturated heterocycles. The van der Waals surface area contributed by atoms with Crippen LogP contribution in [0.15, 0.2) is 42.5 Å². The third kappa shape index (κ3) is 4.19. The Morgan fingerprint density at radius 1 is 1.12 bits per heavy atom. The largest absolute Gasteiger partial charge is 0.497 e. The minimum Gasteiger partial charge on any atom is -0.497 e. The molecule has 0 bridgehead atoms. The third-order valence-electron chi connectivity index (χ3n) is 4.71. The van der Waals surface area contributed by atoms with E-state index >= 15 is 0 Å². The summed E-state index contributed by atoms with van der Waals surface area (Å²) in [5.41, 5.74) is 2.77. The summed E-state index contributed by atoms with van der Waals surface area (Å²) in [6, 6.07) is 13.2. The molecule has 0 aromatic heterocycles. The monoisotopic (exact) mass is 378 g/mol. The molecule has 1 fully saturated rings. The second kappa shape index (κ2) is 8.37. The molecule has 0 aliphatic carbocycles. The first-order valence-electron chi connectivity index (χ1n) is 8.55. The molecule has 4 unspecified atom stereocenters. The molecule has 4 atom stereocenters. The summed E-state index contributed by atoms with van der Waals surface area (Å²) in [5.74, 6) is 0.793. The lowest BCUT2D eigenvalue weighted by Crippen LogP contribution is -2.44. The lowest BCUT2D eigenvalue weighted by Gasteiger charge is -2.37. The number of hydrogen-bond acceptors (Lipinski definition) is 5. The van der Waals surface area contributed by atoms with Crippen LogP contribution in [0.5, 0.6) is 5.75 Å². The minimum atomic E-state index is -0.877. The Morgan fingerprint density at radius 3 is 2.50 bits per heavy atom. The molecule has 1 heterocycles. The molecule has 140 valence electrons. The molecule has 5 nitrogen and oxygen atoms in total. The number of methoxy groups -OCH3 is 1. The summed E-state index contributed by atoms with van der Waals surface area (Å²) < 4.78 is 10.9. The standard InChI is InChI=1S/C20H23ClO5/c1-25-15-5-2-12(3-6-15)8-14-9-13(4-7-16(14)21)20-18(24)10-17(23)19(11-22)26-20/h2-7,9,17-20,22-24H,8,10-11H2,1H3. The van der Waals surface area contributed by atoms with Crippen LogP contribution in [-0.4, -0.2) is 47.3 Å². The Balaban J connectivity index is 1.82. The molecule has 0 radical (unpaired) electrons. The van der Waals surface area contributed by atoms with Gasteiger partial charge in [0, 0.05) is 11.4 Å². The van der Waals surface area contributed by atoms with Crippen LogP contribution in [0, 0.1) is 0 Å². The zero-order chi connectivity index (χ0) is 18.7. The van der Waals surface area contributed by atoms with Gasteiger partial charge in [-0.05, 0) is 41.3 Å². The van der Waals surface area contributed by atoms with Gasteiger partial charge in [0.15, 0.2) is 0 Å². The van der Waals surface area contributed by atoms with Gasteiger partial charge in [-0.3, -0.25) is 0 Å². The SMILES string of the molecule is COc1ccc(Cc2cc(C3OC(CO)C(O)CC3O)ccc2Cl)cc1. The smallest absolute Gasteiger partial charge is 0.118 e. The van der Waals surface area contributed by atoms with E-state index in [1.165, 1.54) is 0 Å². The number of halogens is 1. The van der Waals surface area contributed by atoms with E-state index < -0.39 is 24.4 Å². The van der Waals surface area contributed by atoms with Gasteiger partial charge in [-0.1, -0.05) is 35.9 Å². The molecule has 3 N–H and O–H groups in total. The fourth-order valence-corrected chi connectivity index (χ4v) is 3.41. The summed E-state index contributed by atoms with van der Waals surface area (Å²) >= 11 is 6.35. The molecule has 0 spiro atoms. The van der Waals surface area contributed by atoms with Crippen LogP contribution in [-0.2, 0) is 11.2 Å². The van der Waals surface area contributed by atoms with Crippen molar-refractivity contribution in [2.75, 3.05) is 13.7 Å². The fourth-order valence-electron chi connectivity index (χ4n) is 3.23. The van der Waals surface area contributed by atoms with E-state index in [0.29, 0.717) is 11.4 Å². The van der Waals surface area contributed by atoms with Gasteiger partial charge in [0.2, 0.25) is 0 Å². The minimum absolute atomic E-state index is 0.159. The van der Waals surface area contributed by atoms with Crippen molar-refractivity contribution in [1.29, 1.82) is 0 Å². The molecule has 1 aliphatic rings. The maximum atomic E-state index is 10.3. The predicted octanol–water partition coefficient (Wildman–Crippen LogP) is 2.48. The van der Waals surface area contributed by atoms with E-state index in [9.17, 15) is 15.3 Å². The van der Waals surface area contributed by atoms with E-state index in [2.05, 4.69) is 0 Å². The van der Waals surface area contributed by atoms with Crippen molar-refractivity contribution >= 4 is 11.6 Å². The van der Waals surface area contributed by atoms with Crippen LogP contribution < -0.4 is 4.74 Å². The van der Waals surface area contributed by atoms with Gasteiger partial charge >= 0.3 is 0 Å². The van der Waals surface area contributed by atoms with Gasteiger partial charge < -0.3 is 24.8 Å². The summed E-state index contributed by atoms with van der Waals surface area (Å²) in [5, 5.41) is 30.1. The third-order valence-corrected chi connectivity index (χ3v) is 5.08. The van der Waals surface area contributed by atoms with Gasteiger partial charge in [0.25, 0.3) is 0 Å². The quantitative estimate of drug-likeness (QED) is 0.745. The maximum Gasteiger partial charge on any atom is 0.118 e. The van der Waals surface area contributed by atoms with Crippen molar-refractivity contribution in [2.24, 2.45) is 0 Å². The average molecular weight is 379 g/mol. The molecule has 26 heavy (non-hydrogen) atoms. The Bertz CT molecular complexity index is 733. The van der Waals surface area contributed by atoms with Crippen LogP contribution in [0.4, 0.5) is 0 Å². The Morgan fingerprint density at radius 2 is 1.85 bits per heavy atom. The van der Waals surface area contributed by atoms with Crippen molar-refractivity contribution < 1.29 is 24.8 Å². The van der Waals surface area contributed by atoms with Gasteiger partial charge in [-0.2, -0.15) is 0 Å². The van der Waals surface area contributed by atoms with Crippen LogP contribution in [0.1, 0.15) is 29.2 Å². The molecule has 2 aromatic carbocycles. The Labute approximate surface area is 157 Å². The van der Waals surface area contributed by atoms with Crippen LogP contribution in [0.3, 0.4) is 0 Å². The lowest BCUT2D eigenvalue weighted by molar-refractivity contribution is -0.181. The van der Waals surface area contributed by atoms with Crippen LogP contribution in [0.2, 0.25) is 5.02 Å². The van der Waals surface area contributed by atoms with Gasteiger partial charge in [-0.15, -0.1) is 0 Å². The maximum absolute atomic E-state index is 10.3. The number of aliphatic hydroxyl groups excluding tert-OH is 3. The van der Waals surface area contributed by atoms with E-state index in [1.54, 1.807) is 19.2 Å². The summed E-state index contributed by atoms with van der Waals surface area (Å²) in [6.45, 7) is -0.295. The molecule has 1 aliphatic heterocycles. The molecule has 6 heteroatoms. The summed E-state index contributed by atoms with van der Waals surface area (Å²) in [7, 11) is 1.63. The number of ether oxygens (including phenoxy) is 2. The zero-order valence-corrected chi connectivity index (χ0v) is 15.3. The van der Waals surface area contributed by atoms with Gasteiger partial charge in [0.05, 0.1) is 25.9 Å². The van der Waals surface area contributed by atoms with Crippen molar-refractivity contribution in [3.63, 3.8) is 0 Å². The lowest BCUT2D eigenvalue weighted by atomic mass is 9.92. The highest BCUT2D eigenvalue weighted by atomic mass is 35.5.